The summed E-state index contributed by atoms with van der Waals surface area (Å²) in [6.45, 7) is 1.49. The Morgan fingerprint density at radius 1 is 1.39 bits per heavy atom. The van der Waals surface area contributed by atoms with Gasteiger partial charge in [0.2, 0.25) is 0 Å². The fourth-order valence-electron chi connectivity index (χ4n) is 1.28. The third kappa shape index (κ3) is 4.85. The lowest BCUT2D eigenvalue weighted by molar-refractivity contribution is -0.136. The maximum Gasteiger partial charge on any atom is 0.304 e. The lowest BCUT2D eigenvalue weighted by atomic mass is 10.1. The summed E-state index contributed by atoms with van der Waals surface area (Å²) in [6, 6.07) is 7.07. The first-order valence-corrected chi connectivity index (χ1v) is 6.65. The molecule has 0 aliphatic heterocycles. The van der Waals surface area contributed by atoms with Crippen molar-refractivity contribution in [1.82, 2.24) is 0 Å². The maximum atomic E-state index is 11.4. The number of anilines is 1. The molecule has 0 heterocycles. The molecule has 0 aliphatic rings. The first kappa shape index (κ1) is 14.7. The third-order valence-corrected chi connectivity index (χ3v) is 3.32. The van der Waals surface area contributed by atoms with Crippen molar-refractivity contribution in [3.05, 3.63) is 29.8 Å². The molecule has 0 aromatic heterocycles. The lowest BCUT2D eigenvalue weighted by Gasteiger charge is -2.10. The molecular weight excluding hydrogens is 270 g/mol. The van der Waals surface area contributed by atoms with Gasteiger partial charge in [0.15, 0.2) is 5.78 Å². The van der Waals surface area contributed by atoms with Crippen LogP contribution in [0.3, 0.4) is 0 Å². The predicted molar refractivity (Wildman–Crippen MR) is 77.4 cm³/mol. The van der Waals surface area contributed by atoms with Gasteiger partial charge in [0.25, 0.3) is 0 Å². The lowest BCUT2D eigenvalue weighted by Crippen LogP contribution is -2.10. The Morgan fingerprint density at radius 3 is 2.67 bits per heavy atom. The molecule has 0 radical (unpaired) electrons. The molecule has 6 heteroatoms. The highest BCUT2D eigenvalue weighted by Crippen LogP contribution is 2.18. The zero-order chi connectivity index (χ0) is 13.5. The van der Waals surface area contributed by atoms with Gasteiger partial charge in [-0.2, -0.15) is 0 Å². The minimum atomic E-state index is -0.852. The second-order valence-corrected chi connectivity index (χ2v) is 5.28. The summed E-state index contributed by atoms with van der Waals surface area (Å²) < 4.78 is 0.463. The van der Waals surface area contributed by atoms with Gasteiger partial charge in [-0.05, 0) is 19.1 Å². The van der Waals surface area contributed by atoms with Gasteiger partial charge in [-0.1, -0.05) is 36.1 Å². The summed E-state index contributed by atoms with van der Waals surface area (Å²) >= 11 is 6.33. The number of thioether (sulfide) groups is 1. The number of para-hydroxylation sites is 1. The highest BCUT2D eigenvalue weighted by molar-refractivity contribution is 8.23. The molecular formula is C12H13NO3S2. The van der Waals surface area contributed by atoms with Crippen LogP contribution in [-0.2, 0) is 4.79 Å². The zero-order valence-electron chi connectivity index (χ0n) is 9.80. The molecule has 0 bridgehead atoms. The zero-order valence-corrected chi connectivity index (χ0v) is 11.4. The predicted octanol–water partition coefficient (Wildman–Crippen LogP) is 2.79. The second kappa shape index (κ2) is 7.13. The minimum Gasteiger partial charge on any atom is -0.481 e. The Morgan fingerprint density at radius 2 is 2.06 bits per heavy atom. The van der Waals surface area contributed by atoms with E-state index in [1.54, 1.807) is 24.3 Å². The molecule has 18 heavy (non-hydrogen) atoms. The second-order valence-electron chi connectivity index (χ2n) is 3.51. The van der Waals surface area contributed by atoms with E-state index in [0.717, 1.165) is 0 Å². The molecule has 96 valence electrons. The van der Waals surface area contributed by atoms with Crippen molar-refractivity contribution < 1.29 is 14.7 Å². The highest BCUT2D eigenvalue weighted by atomic mass is 32.2. The molecule has 0 atom stereocenters. The van der Waals surface area contributed by atoms with Crippen LogP contribution in [0.15, 0.2) is 24.3 Å². The van der Waals surface area contributed by atoms with E-state index >= 15 is 0 Å². The van der Waals surface area contributed by atoms with E-state index in [1.165, 1.54) is 18.7 Å². The molecule has 1 aromatic rings. The van der Waals surface area contributed by atoms with E-state index in [4.69, 9.17) is 17.3 Å². The van der Waals surface area contributed by atoms with Gasteiger partial charge in [-0.3, -0.25) is 9.59 Å². The van der Waals surface area contributed by atoms with Crippen molar-refractivity contribution in [2.24, 2.45) is 0 Å². The number of thiocarbonyl (C=S) groups is 1. The van der Waals surface area contributed by atoms with E-state index in [-0.39, 0.29) is 12.2 Å². The van der Waals surface area contributed by atoms with Gasteiger partial charge in [0.1, 0.15) is 4.32 Å². The monoisotopic (exact) mass is 283 g/mol. The van der Waals surface area contributed by atoms with Crippen molar-refractivity contribution in [3.63, 3.8) is 0 Å². The Labute approximate surface area is 115 Å². The molecule has 0 unspecified atom stereocenters. The van der Waals surface area contributed by atoms with Gasteiger partial charge >= 0.3 is 5.97 Å². The normalized spacial score (nSPS) is 9.83. The largest absolute Gasteiger partial charge is 0.481 e. The van der Waals surface area contributed by atoms with Gasteiger partial charge < -0.3 is 10.4 Å². The van der Waals surface area contributed by atoms with Crippen LogP contribution in [0.1, 0.15) is 23.7 Å². The first-order valence-electron chi connectivity index (χ1n) is 5.26. The van der Waals surface area contributed by atoms with Crippen molar-refractivity contribution in [2.75, 3.05) is 11.1 Å². The number of ketones is 1. The first-order chi connectivity index (χ1) is 8.50. The Balaban J connectivity index is 2.59. The summed E-state index contributed by atoms with van der Waals surface area (Å²) in [5.41, 5.74) is 1.22. The summed E-state index contributed by atoms with van der Waals surface area (Å²) in [5, 5.41) is 11.5. The molecule has 1 rings (SSSR count). The van der Waals surface area contributed by atoms with E-state index in [1.807, 2.05) is 0 Å². The van der Waals surface area contributed by atoms with Crippen LogP contribution >= 0.6 is 24.0 Å². The smallest absolute Gasteiger partial charge is 0.304 e. The van der Waals surface area contributed by atoms with Crippen LogP contribution < -0.4 is 5.32 Å². The molecule has 2 N–H and O–H groups in total. The molecule has 0 amide bonds. The van der Waals surface area contributed by atoms with Crippen LogP contribution in [0, 0.1) is 0 Å². The average Bonchev–Trinajstić information content (AvgIpc) is 2.28. The number of carboxylic acid groups (broad SMARTS) is 1. The van der Waals surface area contributed by atoms with Crippen LogP contribution in [0.4, 0.5) is 5.69 Å². The van der Waals surface area contributed by atoms with Crippen molar-refractivity contribution >= 4 is 45.7 Å². The molecule has 0 aliphatic carbocycles. The number of aliphatic carboxylic acids is 1. The van der Waals surface area contributed by atoms with E-state index in [2.05, 4.69) is 5.32 Å². The van der Waals surface area contributed by atoms with E-state index < -0.39 is 5.97 Å². The van der Waals surface area contributed by atoms with E-state index in [0.29, 0.717) is 21.3 Å². The minimum absolute atomic E-state index is 0.0450. The van der Waals surface area contributed by atoms with Crippen LogP contribution in [0.2, 0.25) is 0 Å². The van der Waals surface area contributed by atoms with Gasteiger partial charge in [0.05, 0.1) is 12.1 Å². The number of rotatable bonds is 5. The maximum absolute atomic E-state index is 11.4. The Hall–Kier alpha value is -1.40. The Kier molecular flexibility index (Phi) is 5.80. The summed E-state index contributed by atoms with van der Waals surface area (Å²) in [5.74, 6) is -0.491. The van der Waals surface area contributed by atoms with E-state index in [9.17, 15) is 9.59 Å². The Bertz CT molecular complexity index is 474. The molecule has 4 nitrogen and oxygen atoms in total. The number of carbonyl (C=O) groups is 2. The molecule has 0 fully saturated rings. The van der Waals surface area contributed by atoms with Gasteiger partial charge in [-0.25, -0.2) is 0 Å². The molecule has 0 saturated heterocycles. The molecule has 0 saturated carbocycles. The molecule has 1 aromatic carbocycles. The van der Waals surface area contributed by atoms with Gasteiger partial charge in [0, 0.05) is 11.3 Å². The van der Waals surface area contributed by atoms with Crippen LogP contribution in [-0.4, -0.2) is 26.9 Å². The number of hydrogen-bond acceptors (Lipinski definition) is 4. The number of Topliss-reactive ketones (excluding diaryl/α,β-unsaturated/α-hetero) is 1. The summed E-state index contributed by atoms with van der Waals surface area (Å²) in [6.07, 6.45) is 0.0564. The fraction of sp³-hybridized carbons (Fsp3) is 0.250. The standard InChI is InChI=1S/C12H13NO3S2/c1-8(14)9-4-2-3-5-10(9)13-12(17)18-7-6-11(15)16/h2-5H,6-7H2,1H3,(H,13,17)(H,15,16). The van der Waals surface area contributed by atoms with Crippen LogP contribution in [0.5, 0.6) is 0 Å². The SMILES string of the molecule is CC(=O)c1ccccc1NC(=S)SCCC(=O)O. The average molecular weight is 283 g/mol. The highest BCUT2D eigenvalue weighted by Gasteiger charge is 2.08. The topological polar surface area (TPSA) is 66.4 Å². The number of benzene rings is 1. The van der Waals surface area contributed by atoms with Crippen molar-refractivity contribution in [1.29, 1.82) is 0 Å². The number of carbonyl (C=O) groups excluding carboxylic acids is 1. The molecule has 0 spiro atoms. The summed E-state index contributed by atoms with van der Waals surface area (Å²) in [7, 11) is 0. The number of nitrogens with one attached hydrogen (secondary N) is 1. The third-order valence-electron chi connectivity index (χ3n) is 2.09. The quantitative estimate of drug-likeness (QED) is 0.640. The number of carboxylic acids is 1. The summed E-state index contributed by atoms with van der Waals surface area (Å²) in [4.78, 5) is 21.7. The fourth-order valence-corrected chi connectivity index (χ4v) is 2.28. The van der Waals surface area contributed by atoms with Gasteiger partial charge in [-0.15, -0.1) is 0 Å². The number of hydrogen-bond donors (Lipinski definition) is 2. The van der Waals surface area contributed by atoms with Crippen molar-refractivity contribution in [3.8, 4) is 0 Å². The van der Waals surface area contributed by atoms with Crippen molar-refractivity contribution in [2.45, 2.75) is 13.3 Å². The van der Waals surface area contributed by atoms with Crippen LogP contribution in [0.25, 0.3) is 0 Å².